The van der Waals surface area contributed by atoms with E-state index in [2.05, 4.69) is 50.5 Å². The molecule has 1 aromatic rings. The molecule has 0 spiro atoms. The third-order valence-electron chi connectivity index (χ3n) is 2.52. The van der Waals surface area contributed by atoms with Crippen LogP contribution in [0.1, 0.15) is 23.2 Å². The molecule has 0 aliphatic carbocycles. The van der Waals surface area contributed by atoms with E-state index >= 15 is 0 Å². The topological polar surface area (TPSA) is 109 Å². The normalized spacial score (nSPS) is 11.8. The summed E-state index contributed by atoms with van der Waals surface area (Å²) >= 11 is 6.24. The second kappa shape index (κ2) is 8.45. The Hall–Kier alpha value is -0.180. The van der Waals surface area contributed by atoms with Crippen molar-refractivity contribution >= 4 is 85.6 Å². The maximum atomic E-state index is 12.2. The Bertz CT molecular complexity index is 592. The minimum Gasteiger partial charge on any atom is -0.480 e. The summed E-state index contributed by atoms with van der Waals surface area (Å²) in [6.45, 7) is 0. The fourth-order valence-corrected chi connectivity index (χ4v) is 3.90. The van der Waals surface area contributed by atoms with E-state index in [0.29, 0.717) is 5.56 Å². The maximum absolute atomic E-state index is 12.2. The van der Waals surface area contributed by atoms with Gasteiger partial charge in [0.1, 0.15) is 6.04 Å². The summed E-state index contributed by atoms with van der Waals surface area (Å²) in [5, 5.41) is 11.5. The van der Waals surface area contributed by atoms with Crippen LogP contribution in [0, 0.1) is 10.7 Å². The number of carbonyl (C=O) groups is 3. The van der Waals surface area contributed by atoms with E-state index < -0.39 is 23.8 Å². The second-order valence-corrected chi connectivity index (χ2v) is 7.60. The fraction of sp³-hybridized carbons (Fsp3) is 0.250. The van der Waals surface area contributed by atoms with Gasteiger partial charge in [0.2, 0.25) is 5.91 Å². The van der Waals surface area contributed by atoms with Gasteiger partial charge in [-0.3, -0.25) is 9.59 Å². The quantitative estimate of drug-likeness (QED) is 0.331. The molecular weight excluding hydrogens is 617 g/mol. The van der Waals surface area contributed by atoms with Crippen LogP contribution in [0.5, 0.6) is 0 Å². The molecule has 1 atom stereocenters. The molecule has 0 saturated heterocycles. The van der Waals surface area contributed by atoms with Gasteiger partial charge in [0, 0.05) is 17.1 Å². The highest BCUT2D eigenvalue weighted by atomic mass is 127. The molecule has 1 rings (SSSR count). The van der Waals surface area contributed by atoms with Gasteiger partial charge in [-0.25, -0.2) is 4.79 Å². The van der Waals surface area contributed by atoms with Crippen molar-refractivity contribution in [3.8, 4) is 0 Å². The van der Waals surface area contributed by atoms with Crippen molar-refractivity contribution in [1.29, 1.82) is 0 Å². The van der Waals surface area contributed by atoms with Crippen molar-refractivity contribution in [2.75, 3.05) is 0 Å². The minimum absolute atomic E-state index is 0.0337. The van der Waals surface area contributed by atoms with Crippen molar-refractivity contribution in [2.45, 2.75) is 18.9 Å². The van der Waals surface area contributed by atoms with E-state index in [1.165, 1.54) is 0 Å². The zero-order valence-electron chi connectivity index (χ0n) is 10.5. The number of carboxylic acid groups (broad SMARTS) is 1. The molecule has 2 amide bonds. The molecule has 4 N–H and O–H groups in total. The van der Waals surface area contributed by atoms with E-state index in [-0.39, 0.29) is 12.8 Å². The summed E-state index contributed by atoms with van der Waals surface area (Å²) in [5.41, 5.74) is 5.41. The van der Waals surface area contributed by atoms with Gasteiger partial charge in [0.15, 0.2) is 0 Å². The largest absolute Gasteiger partial charge is 0.480 e. The zero-order chi connectivity index (χ0) is 16.2. The standard InChI is InChI=1S/C12H11I3N2O4/c13-5-3-6(10(15)7(14)4-5)11(19)17-8(12(20)21)1-2-9(16)18/h3-4,8H,1-2H2,(H2,16,18)(H,17,19)(H,20,21)/t8-/m0/s1. The van der Waals surface area contributed by atoms with Gasteiger partial charge in [-0.15, -0.1) is 0 Å². The molecule has 21 heavy (non-hydrogen) atoms. The Kier molecular flexibility index (Phi) is 7.59. The molecule has 0 aromatic heterocycles. The first-order valence-corrected chi connectivity index (χ1v) is 8.92. The molecule has 9 heteroatoms. The van der Waals surface area contributed by atoms with Crippen molar-refractivity contribution in [2.24, 2.45) is 5.73 Å². The SMILES string of the molecule is NC(=O)CC[C@H](NC(=O)c1cc(I)cc(I)c1I)C(=O)O. The smallest absolute Gasteiger partial charge is 0.326 e. The van der Waals surface area contributed by atoms with Gasteiger partial charge >= 0.3 is 5.97 Å². The van der Waals surface area contributed by atoms with Crippen LogP contribution in [-0.4, -0.2) is 28.9 Å². The number of benzene rings is 1. The lowest BCUT2D eigenvalue weighted by molar-refractivity contribution is -0.139. The van der Waals surface area contributed by atoms with Crippen molar-refractivity contribution in [3.63, 3.8) is 0 Å². The maximum Gasteiger partial charge on any atom is 0.326 e. The Morgan fingerprint density at radius 2 is 1.86 bits per heavy atom. The van der Waals surface area contributed by atoms with Gasteiger partial charge in [0.25, 0.3) is 5.91 Å². The molecule has 0 aliphatic heterocycles. The van der Waals surface area contributed by atoms with Gasteiger partial charge in [-0.2, -0.15) is 0 Å². The number of halogens is 3. The number of amides is 2. The summed E-state index contributed by atoms with van der Waals surface area (Å²) in [6.07, 6.45) is -0.133. The number of carbonyl (C=O) groups excluding carboxylic acids is 2. The van der Waals surface area contributed by atoms with E-state index in [1.807, 2.05) is 28.7 Å². The lowest BCUT2D eigenvalue weighted by Crippen LogP contribution is -2.41. The lowest BCUT2D eigenvalue weighted by atomic mass is 10.1. The Balaban J connectivity index is 2.92. The number of nitrogens with two attached hydrogens (primary N) is 1. The molecule has 114 valence electrons. The van der Waals surface area contributed by atoms with Gasteiger partial charge < -0.3 is 16.2 Å². The first-order chi connectivity index (χ1) is 9.72. The first-order valence-electron chi connectivity index (χ1n) is 5.69. The molecule has 6 nitrogen and oxygen atoms in total. The average Bonchev–Trinajstić information content (AvgIpc) is 2.37. The number of nitrogens with one attached hydrogen (secondary N) is 1. The molecule has 0 radical (unpaired) electrons. The van der Waals surface area contributed by atoms with Crippen LogP contribution >= 0.6 is 67.8 Å². The van der Waals surface area contributed by atoms with Crippen LogP contribution in [0.15, 0.2) is 12.1 Å². The number of aliphatic carboxylic acids is 1. The van der Waals surface area contributed by atoms with Crippen LogP contribution < -0.4 is 11.1 Å². The second-order valence-electron chi connectivity index (χ2n) is 4.12. The summed E-state index contributed by atoms with van der Waals surface area (Å²) in [4.78, 5) is 34.1. The van der Waals surface area contributed by atoms with Gasteiger partial charge in [-0.05, 0) is 86.3 Å². The fourth-order valence-electron chi connectivity index (χ4n) is 1.50. The molecule has 0 aliphatic rings. The molecular formula is C12H11I3N2O4. The Morgan fingerprint density at radius 3 is 2.38 bits per heavy atom. The molecule has 1 aromatic carbocycles. The minimum atomic E-state index is -1.19. The molecule has 0 fully saturated rings. The van der Waals surface area contributed by atoms with Gasteiger partial charge in [0.05, 0.1) is 5.56 Å². The van der Waals surface area contributed by atoms with E-state index in [9.17, 15) is 14.4 Å². The van der Waals surface area contributed by atoms with Crippen LogP contribution in [0.25, 0.3) is 0 Å². The lowest BCUT2D eigenvalue weighted by Gasteiger charge is -2.15. The van der Waals surface area contributed by atoms with E-state index in [4.69, 9.17) is 10.8 Å². The predicted octanol–water partition coefficient (Wildman–Crippen LogP) is 1.95. The molecule has 0 unspecified atom stereocenters. The monoisotopic (exact) mass is 628 g/mol. The van der Waals surface area contributed by atoms with Crippen LogP contribution in [0.2, 0.25) is 0 Å². The Labute approximate surface area is 162 Å². The van der Waals surface area contributed by atoms with Crippen LogP contribution in [0.4, 0.5) is 0 Å². The van der Waals surface area contributed by atoms with Crippen molar-refractivity contribution < 1.29 is 19.5 Å². The third kappa shape index (κ3) is 5.84. The summed E-state index contributed by atoms with van der Waals surface area (Å²) < 4.78 is 2.55. The highest BCUT2D eigenvalue weighted by Crippen LogP contribution is 2.23. The zero-order valence-corrected chi connectivity index (χ0v) is 17.0. The first kappa shape index (κ1) is 18.9. The third-order valence-corrected chi connectivity index (χ3v) is 6.19. The predicted molar refractivity (Wildman–Crippen MR) is 102 cm³/mol. The summed E-state index contributed by atoms with van der Waals surface area (Å²) in [5.74, 6) is -2.28. The van der Waals surface area contributed by atoms with Gasteiger partial charge in [-0.1, -0.05) is 0 Å². The van der Waals surface area contributed by atoms with Crippen LogP contribution in [-0.2, 0) is 9.59 Å². The van der Waals surface area contributed by atoms with Crippen LogP contribution in [0.3, 0.4) is 0 Å². The van der Waals surface area contributed by atoms with E-state index in [0.717, 1.165) is 10.7 Å². The Morgan fingerprint density at radius 1 is 1.24 bits per heavy atom. The number of carboxylic acids is 1. The van der Waals surface area contributed by atoms with Crippen molar-refractivity contribution in [1.82, 2.24) is 5.32 Å². The number of hydrogen-bond acceptors (Lipinski definition) is 3. The highest BCUT2D eigenvalue weighted by Gasteiger charge is 2.23. The molecule has 0 bridgehead atoms. The van der Waals surface area contributed by atoms with E-state index in [1.54, 1.807) is 6.07 Å². The number of rotatable bonds is 6. The number of primary amides is 1. The molecule has 0 saturated carbocycles. The summed E-state index contributed by atoms with van der Waals surface area (Å²) in [6, 6.07) is 2.46. The van der Waals surface area contributed by atoms with Crippen molar-refractivity contribution in [3.05, 3.63) is 28.4 Å². The molecule has 0 heterocycles. The average molecular weight is 628 g/mol. The summed E-state index contributed by atoms with van der Waals surface area (Å²) in [7, 11) is 0. The highest BCUT2D eigenvalue weighted by molar-refractivity contribution is 14.1. The number of hydrogen-bond donors (Lipinski definition) is 3.